The highest BCUT2D eigenvalue weighted by molar-refractivity contribution is 7.88. The lowest BCUT2D eigenvalue weighted by atomic mass is 10.0. The molecule has 1 atom stereocenters. The van der Waals surface area contributed by atoms with Crippen molar-refractivity contribution in [3.05, 3.63) is 35.5 Å². The molecule has 0 bridgehead atoms. The summed E-state index contributed by atoms with van der Waals surface area (Å²) in [5, 5.41) is 15.1. The molecule has 1 aliphatic heterocycles. The second kappa shape index (κ2) is 5.51. The van der Waals surface area contributed by atoms with E-state index in [1.807, 2.05) is 38.1 Å². The average molecular weight is 312 g/mol. The van der Waals surface area contributed by atoms with Crippen LogP contribution < -0.4 is 9.03 Å². The SMILES string of the molecule is Cc1ccc2c(c1)C(CCN(C)C)=C[N+]2(CO)S(N)(=O)=O. The second-order valence-corrected chi connectivity index (χ2v) is 7.36. The quantitative estimate of drug-likeness (QED) is 0.786. The Kier molecular flexibility index (Phi) is 4.23. The van der Waals surface area contributed by atoms with Crippen LogP contribution in [0, 0.1) is 6.92 Å². The highest BCUT2D eigenvalue weighted by Crippen LogP contribution is 2.43. The Morgan fingerprint density at radius 3 is 2.52 bits per heavy atom. The number of rotatable bonds is 5. The number of aryl methyl sites for hydroxylation is 1. The van der Waals surface area contributed by atoms with Crippen molar-refractivity contribution in [3.8, 4) is 0 Å². The van der Waals surface area contributed by atoms with Crippen molar-refractivity contribution < 1.29 is 13.5 Å². The lowest BCUT2D eigenvalue weighted by molar-refractivity contribution is 0.215. The van der Waals surface area contributed by atoms with Crippen molar-refractivity contribution >= 4 is 21.5 Å². The summed E-state index contributed by atoms with van der Waals surface area (Å²) in [6.45, 7) is 2.13. The molecular formula is C14H22N3O3S+. The first-order valence-electron chi connectivity index (χ1n) is 6.71. The molecule has 0 amide bonds. The zero-order valence-corrected chi connectivity index (χ0v) is 13.4. The van der Waals surface area contributed by atoms with Crippen LogP contribution in [0.1, 0.15) is 17.5 Å². The van der Waals surface area contributed by atoms with E-state index in [0.29, 0.717) is 12.1 Å². The van der Waals surface area contributed by atoms with Gasteiger partial charge in [-0.25, -0.2) is 0 Å². The minimum Gasteiger partial charge on any atom is -0.346 e. The van der Waals surface area contributed by atoms with E-state index in [4.69, 9.17) is 5.14 Å². The highest BCUT2D eigenvalue weighted by Gasteiger charge is 2.47. The third-order valence-corrected chi connectivity index (χ3v) is 5.09. The van der Waals surface area contributed by atoms with Gasteiger partial charge in [0.05, 0.1) is 0 Å². The van der Waals surface area contributed by atoms with Gasteiger partial charge in [0.1, 0.15) is 6.20 Å². The van der Waals surface area contributed by atoms with Gasteiger partial charge in [0.2, 0.25) is 6.73 Å². The maximum atomic E-state index is 12.1. The first-order chi connectivity index (χ1) is 9.71. The van der Waals surface area contributed by atoms with Gasteiger partial charge in [0, 0.05) is 23.7 Å². The monoisotopic (exact) mass is 312 g/mol. The van der Waals surface area contributed by atoms with E-state index in [0.717, 1.165) is 23.2 Å². The molecule has 1 unspecified atom stereocenters. The van der Waals surface area contributed by atoms with Crippen LogP contribution in [0.5, 0.6) is 0 Å². The Hall–Kier alpha value is -1.25. The standard InChI is InChI=1S/C14H22N3O3S/c1-11-4-5-14-13(8-11)12(6-7-16(2)3)9-17(14,10-18)21(15,19)20/h4-5,8-9,18H,6-7,10H2,1-3H3,(H2,15,19,20)/q+1. The predicted molar refractivity (Wildman–Crippen MR) is 84.3 cm³/mol. The summed E-state index contributed by atoms with van der Waals surface area (Å²) in [6.07, 6.45) is 2.25. The first kappa shape index (κ1) is 16.1. The molecule has 0 aliphatic carbocycles. The summed E-state index contributed by atoms with van der Waals surface area (Å²) in [6, 6.07) is 5.50. The molecule has 1 aliphatic rings. The number of aliphatic hydroxyl groups excluding tert-OH is 1. The number of quaternary nitrogens is 1. The van der Waals surface area contributed by atoms with Gasteiger partial charge >= 0.3 is 10.2 Å². The molecule has 3 N–H and O–H groups in total. The van der Waals surface area contributed by atoms with Crippen LogP contribution in [0.4, 0.5) is 5.69 Å². The van der Waals surface area contributed by atoms with E-state index in [1.165, 1.54) is 0 Å². The van der Waals surface area contributed by atoms with Crippen LogP contribution >= 0.6 is 0 Å². The normalized spacial score (nSPS) is 21.5. The van der Waals surface area contributed by atoms with Gasteiger partial charge in [-0.2, -0.15) is 13.6 Å². The molecule has 0 aromatic heterocycles. The summed E-state index contributed by atoms with van der Waals surface area (Å²) in [5.41, 5.74) is 3.29. The number of aliphatic hydroxyl groups is 1. The molecular weight excluding hydrogens is 290 g/mol. The molecule has 21 heavy (non-hydrogen) atoms. The van der Waals surface area contributed by atoms with Crippen molar-refractivity contribution in [2.75, 3.05) is 27.4 Å². The fourth-order valence-corrected chi connectivity index (χ4v) is 3.45. The van der Waals surface area contributed by atoms with Crippen molar-refractivity contribution in [2.45, 2.75) is 13.3 Å². The topological polar surface area (TPSA) is 83.6 Å². The molecule has 1 aromatic rings. The molecule has 1 aromatic carbocycles. The lowest BCUT2D eigenvalue weighted by Gasteiger charge is -2.25. The molecule has 0 saturated heterocycles. The minimum atomic E-state index is -4.01. The van der Waals surface area contributed by atoms with Gasteiger partial charge < -0.3 is 10.0 Å². The predicted octanol–water partition coefficient (Wildman–Crippen LogP) is 0.762. The number of hydrogen-bond donors (Lipinski definition) is 2. The summed E-state index contributed by atoms with van der Waals surface area (Å²) >= 11 is 0. The third kappa shape index (κ3) is 2.75. The van der Waals surface area contributed by atoms with E-state index in [2.05, 4.69) is 0 Å². The Morgan fingerprint density at radius 1 is 1.33 bits per heavy atom. The maximum Gasteiger partial charge on any atom is 0.378 e. The van der Waals surface area contributed by atoms with Gasteiger partial charge in [0.15, 0.2) is 5.69 Å². The fraction of sp³-hybridized carbons (Fsp3) is 0.429. The van der Waals surface area contributed by atoms with Gasteiger partial charge in [-0.1, -0.05) is 11.6 Å². The lowest BCUT2D eigenvalue weighted by Crippen LogP contribution is -2.52. The van der Waals surface area contributed by atoms with Crippen LogP contribution in [-0.4, -0.2) is 45.8 Å². The molecule has 0 radical (unpaired) electrons. The third-order valence-electron chi connectivity index (χ3n) is 3.76. The zero-order valence-electron chi connectivity index (χ0n) is 12.6. The Bertz CT molecular complexity index is 683. The number of nitrogens with two attached hydrogens (primary N) is 1. The Morgan fingerprint density at radius 2 is 2.00 bits per heavy atom. The molecule has 7 heteroatoms. The van der Waals surface area contributed by atoms with E-state index in [-0.39, 0.29) is 0 Å². The Balaban J connectivity index is 2.60. The fourth-order valence-electron chi connectivity index (χ4n) is 2.58. The van der Waals surface area contributed by atoms with Gasteiger partial charge in [-0.15, -0.1) is 3.89 Å². The van der Waals surface area contributed by atoms with E-state index < -0.39 is 20.8 Å². The van der Waals surface area contributed by atoms with Crippen molar-refractivity contribution in [3.63, 3.8) is 0 Å². The molecule has 116 valence electrons. The van der Waals surface area contributed by atoms with E-state index >= 15 is 0 Å². The average Bonchev–Trinajstić information content (AvgIpc) is 2.70. The zero-order chi connectivity index (χ0) is 15.8. The van der Waals surface area contributed by atoms with Crippen LogP contribution in [0.3, 0.4) is 0 Å². The summed E-state index contributed by atoms with van der Waals surface area (Å²) < 4.78 is 23.4. The van der Waals surface area contributed by atoms with Crippen molar-refractivity contribution in [1.82, 2.24) is 8.79 Å². The smallest absolute Gasteiger partial charge is 0.346 e. The number of benzene rings is 1. The molecule has 2 rings (SSSR count). The largest absolute Gasteiger partial charge is 0.378 e. The number of hydrogen-bond acceptors (Lipinski definition) is 4. The van der Waals surface area contributed by atoms with Gasteiger partial charge in [-0.3, -0.25) is 0 Å². The summed E-state index contributed by atoms with van der Waals surface area (Å²) in [4.78, 5) is 2.03. The van der Waals surface area contributed by atoms with Gasteiger partial charge in [-0.05, 0) is 33.5 Å². The van der Waals surface area contributed by atoms with E-state index in [9.17, 15) is 13.5 Å². The minimum absolute atomic E-state index is 0.513. The van der Waals surface area contributed by atoms with Crippen LogP contribution in [0.15, 0.2) is 24.4 Å². The number of nitrogens with zero attached hydrogens (tertiary/aromatic N) is 2. The van der Waals surface area contributed by atoms with Crippen LogP contribution in [-0.2, 0) is 10.2 Å². The summed E-state index contributed by atoms with van der Waals surface area (Å²) in [7, 11) is -0.0968. The maximum absolute atomic E-state index is 12.1. The second-order valence-electron chi connectivity index (χ2n) is 5.68. The highest BCUT2D eigenvalue weighted by atomic mass is 32.2. The molecule has 6 nitrogen and oxygen atoms in total. The summed E-state index contributed by atoms with van der Waals surface area (Å²) in [5.74, 6) is 0. The van der Waals surface area contributed by atoms with Crippen molar-refractivity contribution in [1.29, 1.82) is 0 Å². The molecule has 0 spiro atoms. The molecule has 1 heterocycles. The Labute approximate surface area is 125 Å². The number of fused-ring (bicyclic) bond motifs is 1. The molecule has 0 fully saturated rings. The van der Waals surface area contributed by atoms with E-state index in [1.54, 1.807) is 12.3 Å². The van der Waals surface area contributed by atoms with Crippen molar-refractivity contribution in [2.24, 2.45) is 5.14 Å². The van der Waals surface area contributed by atoms with Crippen LogP contribution in [0.2, 0.25) is 0 Å². The van der Waals surface area contributed by atoms with Crippen LogP contribution in [0.25, 0.3) is 5.57 Å². The van der Waals surface area contributed by atoms with Gasteiger partial charge in [0.25, 0.3) is 0 Å². The first-order valence-corrected chi connectivity index (χ1v) is 8.21. The molecule has 0 saturated carbocycles.